The summed E-state index contributed by atoms with van der Waals surface area (Å²) in [5.41, 5.74) is 24.4. The molecule has 2 aromatic heterocycles. The third-order valence-corrected chi connectivity index (χ3v) is 10.2. The quantitative estimate of drug-likeness (QED) is 0.143. The number of nitrogen functional groups attached to an aromatic ring is 2. The fourth-order valence-corrected chi connectivity index (χ4v) is 7.52. The van der Waals surface area contributed by atoms with Crippen molar-refractivity contribution in [1.82, 2.24) is 0 Å². The Labute approximate surface area is 293 Å². The molecule has 1 aliphatic rings. The van der Waals surface area contributed by atoms with Crippen molar-refractivity contribution in [3.63, 3.8) is 0 Å². The van der Waals surface area contributed by atoms with Gasteiger partial charge in [0, 0.05) is 39.7 Å². The molecule has 0 aliphatic heterocycles. The lowest BCUT2D eigenvalue weighted by Crippen LogP contribution is -2.14. The molecule has 6 heteroatoms. The zero-order valence-electron chi connectivity index (χ0n) is 28.0. The number of nitrogens with two attached hydrogens (primary N) is 2. The van der Waals surface area contributed by atoms with Crippen LogP contribution in [0.5, 0.6) is 0 Å². The molecule has 0 fully saturated rings. The molecule has 2 heterocycles. The Kier molecular flexibility index (Phi) is 6.67. The highest BCUT2D eigenvalue weighted by atomic mass is 16.4. The van der Waals surface area contributed by atoms with Gasteiger partial charge in [-0.25, -0.2) is 9.59 Å². The Balaban J connectivity index is 1.11. The molecule has 0 saturated carbocycles. The van der Waals surface area contributed by atoms with E-state index in [1.54, 1.807) is 24.3 Å². The van der Waals surface area contributed by atoms with Crippen molar-refractivity contribution in [3.05, 3.63) is 165 Å². The third-order valence-electron chi connectivity index (χ3n) is 10.2. The standard InChI is InChI=1S/C45H32N2O4/c1-45(2)39-15-11-27(25-5-3-7-29(17-25)35-21-31-9-13-33(46)23-41(31)50-43(35)48)19-37(39)38-20-28(12-16-40(38)45)26-6-4-8-30(18-26)36-22-32-10-14-34(47)24-42(32)51-44(36)49/h3-24H,46-47H2,1-2H3. The van der Waals surface area contributed by atoms with Crippen molar-refractivity contribution < 1.29 is 8.83 Å². The second-order valence-electron chi connectivity index (χ2n) is 13.8. The molecule has 0 amide bonds. The van der Waals surface area contributed by atoms with Gasteiger partial charge in [-0.1, -0.05) is 74.5 Å². The molecule has 8 aromatic rings. The predicted molar refractivity (Wildman–Crippen MR) is 207 cm³/mol. The van der Waals surface area contributed by atoms with E-state index in [1.807, 2.05) is 60.7 Å². The van der Waals surface area contributed by atoms with Gasteiger partial charge in [0.2, 0.25) is 0 Å². The van der Waals surface area contributed by atoms with Crippen LogP contribution in [0.15, 0.2) is 152 Å². The summed E-state index contributed by atoms with van der Waals surface area (Å²) >= 11 is 0. The number of hydrogen-bond acceptors (Lipinski definition) is 6. The maximum atomic E-state index is 13.1. The molecule has 0 bridgehead atoms. The molecule has 0 unspecified atom stereocenters. The van der Waals surface area contributed by atoms with E-state index in [1.165, 1.54) is 22.3 Å². The second kappa shape index (κ2) is 11.2. The molecular weight excluding hydrogens is 633 g/mol. The van der Waals surface area contributed by atoms with E-state index in [-0.39, 0.29) is 5.41 Å². The number of rotatable bonds is 4. The summed E-state index contributed by atoms with van der Waals surface area (Å²) in [5.74, 6) is 0. The average molecular weight is 665 g/mol. The number of benzene rings is 6. The summed E-state index contributed by atoms with van der Waals surface area (Å²) in [7, 11) is 0. The maximum absolute atomic E-state index is 13.1. The lowest BCUT2D eigenvalue weighted by molar-refractivity contribution is 0.563. The van der Waals surface area contributed by atoms with Gasteiger partial charge in [0.05, 0.1) is 11.1 Å². The van der Waals surface area contributed by atoms with Gasteiger partial charge in [0.25, 0.3) is 0 Å². The van der Waals surface area contributed by atoms with Crippen LogP contribution in [0.3, 0.4) is 0 Å². The largest absolute Gasteiger partial charge is 0.422 e. The molecule has 51 heavy (non-hydrogen) atoms. The Morgan fingerprint density at radius 1 is 0.431 bits per heavy atom. The van der Waals surface area contributed by atoms with Crippen molar-refractivity contribution in [2.45, 2.75) is 19.3 Å². The highest BCUT2D eigenvalue weighted by molar-refractivity contribution is 5.90. The summed E-state index contributed by atoms with van der Waals surface area (Å²) in [6, 6.07) is 43.7. The zero-order valence-corrected chi connectivity index (χ0v) is 28.0. The minimum Gasteiger partial charge on any atom is -0.422 e. The van der Waals surface area contributed by atoms with Crippen LogP contribution in [0.4, 0.5) is 11.4 Å². The van der Waals surface area contributed by atoms with Crippen molar-refractivity contribution >= 4 is 33.3 Å². The summed E-state index contributed by atoms with van der Waals surface area (Å²) < 4.78 is 11.3. The minimum atomic E-state index is -0.404. The number of anilines is 2. The van der Waals surface area contributed by atoms with Gasteiger partial charge >= 0.3 is 11.3 Å². The lowest BCUT2D eigenvalue weighted by atomic mass is 9.82. The summed E-state index contributed by atoms with van der Waals surface area (Å²) in [4.78, 5) is 26.1. The van der Waals surface area contributed by atoms with Crippen LogP contribution >= 0.6 is 0 Å². The van der Waals surface area contributed by atoms with Gasteiger partial charge in [-0.2, -0.15) is 0 Å². The molecule has 6 aromatic carbocycles. The van der Waals surface area contributed by atoms with Crippen LogP contribution in [0, 0.1) is 0 Å². The first-order valence-electron chi connectivity index (χ1n) is 16.8. The van der Waals surface area contributed by atoms with Crippen LogP contribution in [0.2, 0.25) is 0 Å². The fraction of sp³-hybridized carbons (Fsp3) is 0.0667. The van der Waals surface area contributed by atoms with Crippen LogP contribution in [-0.2, 0) is 5.41 Å². The average Bonchev–Trinajstić information content (AvgIpc) is 3.36. The Morgan fingerprint density at radius 2 is 0.843 bits per heavy atom. The first-order chi connectivity index (χ1) is 24.6. The molecule has 9 rings (SSSR count). The van der Waals surface area contributed by atoms with Crippen LogP contribution < -0.4 is 22.7 Å². The highest BCUT2D eigenvalue weighted by Crippen LogP contribution is 2.50. The SMILES string of the molecule is CC1(C)c2ccc(-c3cccc(-c4cc5ccc(N)cc5oc4=O)c3)cc2-c2cc(-c3cccc(-c4cc5ccc(N)cc5oc4=O)c3)ccc21. The summed E-state index contributed by atoms with van der Waals surface area (Å²) in [5, 5.41) is 1.63. The molecule has 0 radical (unpaired) electrons. The fourth-order valence-electron chi connectivity index (χ4n) is 7.52. The molecule has 1 aliphatic carbocycles. The molecule has 246 valence electrons. The molecule has 4 N–H and O–H groups in total. The molecule has 6 nitrogen and oxygen atoms in total. The topological polar surface area (TPSA) is 112 Å². The molecular formula is C45H32N2O4. The predicted octanol–water partition coefficient (Wildman–Crippen LogP) is 10.0. The van der Waals surface area contributed by atoms with Gasteiger partial charge in [-0.15, -0.1) is 0 Å². The highest BCUT2D eigenvalue weighted by Gasteiger charge is 2.35. The molecule has 0 atom stereocenters. The van der Waals surface area contributed by atoms with Gasteiger partial charge in [-0.3, -0.25) is 0 Å². The van der Waals surface area contributed by atoms with Gasteiger partial charge in [0.15, 0.2) is 0 Å². The zero-order chi connectivity index (χ0) is 35.0. The van der Waals surface area contributed by atoms with E-state index >= 15 is 0 Å². The lowest BCUT2D eigenvalue weighted by Gasteiger charge is -2.21. The number of hydrogen-bond donors (Lipinski definition) is 2. The van der Waals surface area contributed by atoms with E-state index in [0.717, 1.165) is 44.2 Å². The van der Waals surface area contributed by atoms with E-state index in [9.17, 15) is 9.59 Å². The van der Waals surface area contributed by atoms with Crippen LogP contribution in [-0.4, -0.2) is 0 Å². The van der Waals surface area contributed by atoms with Crippen molar-refractivity contribution in [2.75, 3.05) is 11.5 Å². The van der Waals surface area contributed by atoms with Gasteiger partial charge in [-0.05, 0) is 116 Å². The van der Waals surface area contributed by atoms with Crippen LogP contribution in [0.1, 0.15) is 25.0 Å². The molecule has 0 spiro atoms. The van der Waals surface area contributed by atoms with E-state index in [0.29, 0.717) is 33.7 Å². The first-order valence-corrected chi connectivity index (χ1v) is 16.8. The van der Waals surface area contributed by atoms with Crippen molar-refractivity contribution in [3.8, 4) is 55.6 Å². The van der Waals surface area contributed by atoms with Gasteiger partial charge < -0.3 is 20.3 Å². The van der Waals surface area contributed by atoms with Crippen molar-refractivity contribution in [1.29, 1.82) is 0 Å². The van der Waals surface area contributed by atoms with E-state index < -0.39 is 11.3 Å². The van der Waals surface area contributed by atoms with E-state index in [2.05, 4.69) is 62.4 Å². The van der Waals surface area contributed by atoms with Crippen LogP contribution in [0.25, 0.3) is 77.6 Å². The smallest absolute Gasteiger partial charge is 0.344 e. The minimum absolute atomic E-state index is 0.188. The molecule has 0 saturated heterocycles. The Hall–Kier alpha value is -6.66. The Bertz CT molecular complexity index is 2670. The number of fused-ring (bicyclic) bond motifs is 5. The second-order valence-corrected chi connectivity index (χ2v) is 13.8. The third kappa shape index (κ3) is 5.03. The summed E-state index contributed by atoms with van der Waals surface area (Å²) in [6.45, 7) is 4.52. The van der Waals surface area contributed by atoms with E-state index in [4.69, 9.17) is 20.3 Å². The first kappa shape index (κ1) is 30.4. The maximum Gasteiger partial charge on any atom is 0.344 e. The monoisotopic (exact) mass is 664 g/mol. The van der Waals surface area contributed by atoms with Gasteiger partial charge in [0.1, 0.15) is 11.2 Å². The summed E-state index contributed by atoms with van der Waals surface area (Å²) in [6.07, 6.45) is 0. The normalized spacial score (nSPS) is 13.0. The van der Waals surface area contributed by atoms with Crippen molar-refractivity contribution in [2.24, 2.45) is 0 Å². The Morgan fingerprint density at radius 3 is 1.29 bits per heavy atom.